The van der Waals surface area contributed by atoms with Crippen molar-refractivity contribution in [2.75, 3.05) is 4.90 Å². The van der Waals surface area contributed by atoms with Gasteiger partial charge in [-0.15, -0.1) is 0 Å². The van der Waals surface area contributed by atoms with Gasteiger partial charge in [-0.2, -0.15) is 0 Å². The Bertz CT molecular complexity index is 3470. The summed E-state index contributed by atoms with van der Waals surface area (Å²) in [7, 11) is 0. The summed E-state index contributed by atoms with van der Waals surface area (Å²) in [6.07, 6.45) is 7.78. The van der Waals surface area contributed by atoms with Crippen LogP contribution in [0.25, 0.3) is 82.4 Å². The van der Waals surface area contributed by atoms with Crippen LogP contribution in [0.3, 0.4) is 0 Å². The van der Waals surface area contributed by atoms with Crippen molar-refractivity contribution in [1.29, 1.82) is 0 Å². The third-order valence-electron chi connectivity index (χ3n) is 13.7. The number of benzene rings is 9. The lowest BCUT2D eigenvalue weighted by molar-refractivity contribution is 0.569. The Morgan fingerprint density at radius 1 is 0.439 bits per heavy atom. The van der Waals surface area contributed by atoms with Crippen molar-refractivity contribution in [2.45, 2.75) is 64.8 Å². The van der Waals surface area contributed by atoms with Gasteiger partial charge in [-0.1, -0.05) is 211 Å². The molecule has 1 unspecified atom stereocenters. The highest BCUT2D eigenvalue weighted by molar-refractivity contribution is 6.08. The molecule has 0 saturated carbocycles. The fourth-order valence-electron chi connectivity index (χ4n) is 10.1. The first-order valence-corrected chi connectivity index (χ1v) is 23.4. The summed E-state index contributed by atoms with van der Waals surface area (Å²) in [6, 6.07) is 69.5. The lowest BCUT2D eigenvalue weighted by Crippen LogP contribution is -2.33. The standard InChI is InChI=1S/C64H55NO/c1-63(2,3)48-38-47(39-49(40-48)64(4,5)6)54-24-14-18-46-19-15-25-57(62(46)54)55-21-9-11-26-59(55)65(51-36-37-61-58(41-51)56-22-10-12-27-60(56)66-61)50-34-32-43(33-35-50)42-28-30-45(31-29-42)53-23-13-17-44-16-7-8-20-52(44)53/h7-25,27-41,59H,26H2,1-6H3. The molecule has 0 radical (unpaired) electrons. The molecule has 1 aliphatic carbocycles. The molecule has 66 heavy (non-hydrogen) atoms. The van der Waals surface area contributed by atoms with E-state index >= 15 is 0 Å². The summed E-state index contributed by atoms with van der Waals surface area (Å²) in [4.78, 5) is 2.56. The van der Waals surface area contributed by atoms with Crippen LogP contribution >= 0.6 is 0 Å². The van der Waals surface area contributed by atoms with E-state index in [4.69, 9.17) is 4.42 Å². The molecule has 11 rings (SSSR count). The molecule has 1 atom stereocenters. The number of nitrogens with zero attached hydrogens (tertiary/aromatic N) is 1. The average Bonchev–Trinajstić information content (AvgIpc) is 3.71. The zero-order valence-electron chi connectivity index (χ0n) is 38.8. The Morgan fingerprint density at radius 2 is 1.00 bits per heavy atom. The average molecular weight is 854 g/mol. The predicted molar refractivity (Wildman–Crippen MR) is 283 cm³/mol. The molecule has 0 aliphatic heterocycles. The van der Waals surface area contributed by atoms with E-state index in [-0.39, 0.29) is 16.9 Å². The Morgan fingerprint density at radius 3 is 1.71 bits per heavy atom. The first-order valence-electron chi connectivity index (χ1n) is 23.4. The zero-order chi connectivity index (χ0) is 45.2. The van der Waals surface area contributed by atoms with Crippen LogP contribution in [0.1, 0.15) is 64.7 Å². The van der Waals surface area contributed by atoms with Crippen molar-refractivity contribution in [3.8, 4) is 33.4 Å². The summed E-state index contributed by atoms with van der Waals surface area (Å²) in [6.45, 7) is 13.9. The van der Waals surface area contributed by atoms with Crippen LogP contribution < -0.4 is 4.90 Å². The molecule has 0 spiro atoms. The molecule has 1 heterocycles. The molecule has 0 amide bonds. The predicted octanol–water partition coefficient (Wildman–Crippen LogP) is 18.0. The van der Waals surface area contributed by atoms with E-state index in [1.54, 1.807) is 0 Å². The van der Waals surface area contributed by atoms with E-state index in [1.807, 2.05) is 6.07 Å². The van der Waals surface area contributed by atoms with Crippen molar-refractivity contribution in [1.82, 2.24) is 0 Å². The maximum absolute atomic E-state index is 6.37. The maximum atomic E-state index is 6.37. The second-order valence-corrected chi connectivity index (χ2v) is 20.1. The largest absolute Gasteiger partial charge is 0.456 e. The van der Waals surface area contributed by atoms with Crippen LogP contribution in [0.15, 0.2) is 211 Å². The minimum Gasteiger partial charge on any atom is -0.456 e. The molecule has 2 nitrogen and oxygen atoms in total. The van der Waals surface area contributed by atoms with Crippen LogP contribution in [-0.4, -0.2) is 6.04 Å². The quantitative estimate of drug-likeness (QED) is 0.159. The molecule has 0 bridgehead atoms. The van der Waals surface area contributed by atoms with Crippen molar-refractivity contribution >= 4 is 60.4 Å². The van der Waals surface area contributed by atoms with Gasteiger partial charge in [0.25, 0.3) is 0 Å². The van der Waals surface area contributed by atoms with Crippen molar-refractivity contribution < 1.29 is 4.42 Å². The number of para-hydroxylation sites is 1. The highest BCUT2D eigenvalue weighted by Gasteiger charge is 2.29. The van der Waals surface area contributed by atoms with Gasteiger partial charge in [0.2, 0.25) is 0 Å². The number of rotatable bonds is 7. The van der Waals surface area contributed by atoms with E-state index in [1.165, 1.54) is 77.2 Å². The van der Waals surface area contributed by atoms with E-state index in [9.17, 15) is 0 Å². The Balaban J connectivity index is 1.04. The molecule has 0 saturated heterocycles. The first-order chi connectivity index (χ1) is 32.0. The smallest absolute Gasteiger partial charge is 0.135 e. The van der Waals surface area contributed by atoms with E-state index in [0.717, 1.165) is 39.7 Å². The molecule has 9 aromatic carbocycles. The highest BCUT2D eigenvalue weighted by atomic mass is 16.3. The van der Waals surface area contributed by atoms with Crippen LogP contribution in [0.5, 0.6) is 0 Å². The monoisotopic (exact) mass is 853 g/mol. The van der Waals surface area contributed by atoms with Crippen molar-refractivity contribution in [3.63, 3.8) is 0 Å². The normalized spacial score (nSPS) is 14.3. The van der Waals surface area contributed by atoms with Crippen LogP contribution in [0, 0.1) is 0 Å². The van der Waals surface area contributed by atoms with Gasteiger partial charge in [0.15, 0.2) is 0 Å². The molecule has 1 aliphatic rings. The van der Waals surface area contributed by atoms with Crippen LogP contribution in [0.4, 0.5) is 11.4 Å². The molecule has 0 fully saturated rings. The van der Waals surface area contributed by atoms with Gasteiger partial charge in [0.1, 0.15) is 11.2 Å². The van der Waals surface area contributed by atoms with Gasteiger partial charge in [0, 0.05) is 22.1 Å². The van der Waals surface area contributed by atoms with Gasteiger partial charge in [0.05, 0.1) is 6.04 Å². The summed E-state index contributed by atoms with van der Waals surface area (Å²) in [5.74, 6) is 0. The summed E-state index contributed by atoms with van der Waals surface area (Å²) in [5, 5.41) is 7.30. The van der Waals surface area contributed by atoms with Crippen molar-refractivity contribution in [3.05, 3.63) is 223 Å². The summed E-state index contributed by atoms with van der Waals surface area (Å²) >= 11 is 0. The second-order valence-electron chi connectivity index (χ2n) is 20.1. The lowest BCUT2D eigenvalue weighted by Gasteiger charge is -2.37. The minimum absolute atomic E-state index is 0.00106. The fraction of sp³-hybridized carbons (Fsp3) is 0.156. The van der Waals surface area contributed by atoms with Gasteiger partial charge < -0.3 is 9.32 Å². The number of fused-ring (bicyclic) bond motifs is 5. The second kappa shape index (κ2) is 16.2. The van der Waals surface area contributed by atoms with Gasteiger partial charge in [-0.25, -0.2) is 0 Å². The van der Waals surface area contributed by atoms with E-state index in [2.05, 4.69) is 247 Å². The molecule has 1 aromatic heterocycles. The van der Waals surface area contributed by atoms with Gasteiger partial charge in [-0.3, -0.25) is 0 Å². The maximum Gasteiger partial charge on any atom is 0.135 e. The highest BCUT2D eigenvalue weighted by Crippen LogP contribution is 2.45. The first kappa shape index (κ1) is 41.3. The summed E-state index contributed by atoms with van der Waals surface area (Å²) in [5.41, 5.74) is 16.7. The topological polar surface area (TPSA) is 16.4 Å². The third-order valence-corrected chi connectivity index (χ3v) is 13.7. The number of allylic oxidation sites excluding steroid dienone is 2. The van der Waals surface area contributed by atoms with Gasteiger partial charge >= 0.3 is 0 Å². The molecular weight excluding hydrogens is 799 g/mol. The molecular formula is C64H55NO. The molecule has 2 heteroatoms. The number of furan rings is 1. The Hall–Kier alpha value is -7.42. The lowest BCUT2D eigenvalue weighted by atomic mass is 9.78. The Kier molecular flexibility index (Phi) is 10.2. The number of anilines is 2. The van der Waals surface area contributed by atoms with Crippen molar-refractivity contribution in [2.24, 2.45) is 0 Å². The Labute approximate surface area is 389 Å². The third kappa shape index (κ3) is 7.51. The summed E-state index contributed by atoms with van der Waals surface area (Å²) < 4.78 is 6.37. The molecule has 0 N–H and O–H groups in total. The minimum atomic E-state index is 0.00106. The van der Waals surface area contributed by atoms with Gasteiger partial charge in [-0.05, 0) is 131 Å². The SMILES string of the molecule is CC(C)(C)c1cc(-c2cccc3cccc(C4=CC=CCC4N(c4ccc(-c5ccc(-c6cccc7ccccc67)cc5)cc4)c4ccc5oc6ccccc6c5c4)c23)cc(C(C)(C)C)c1. The molecule has 322 valence electrons. The van der Waals surface area contributed by atoms with Crippen LogP contribution in [0.2, 0.25) is 0 Å². The fourth-order valence-corrected chi connectivity index (χ4v) is 10.1. The molecule has 10 aromatic rings. The zero-order valence-corrected chi connectivity index (χ0v) is 38.8. The van der Waals surface area contributed by atoms with E-state index < -0.39 is 0 Å². The van der Waals surface area contributed by atoms with Crippen LogP contribution in [-0.2, 0) is 10.8 Å². The number of hydrogen-bond acceptors (Lipinski definition) is 2. The van der Waals surface area contributed by atoms with E-state index in [0.29, 0.717) is 0 Å². The number of hydrogen-bond donors (Lipinski definition) is 0.